The molecule has 126 valence electrons. The van der Waals surface area contributed by atoms with Crippen molar-refractivity contribution >= 4 is 17.7 Å². The second-order valence-corrected chi connectivity index (χ2v) is 4.76. The first-order valence-electron chi connectivity index (χ1n) is 7.29. The van der Waals surface area contributed by atoms with Crippen LogP contribution in [-0.2, 0) is 4.79 Å². The number of carbonyl (C=O) groups excluding carboxylic acids is 1. The smallest absolute Gasteiger partial charge is 0.248 e. The lowest BCUT2D eigenvalue weighted by Gasteiger charge is -2.09. The summed E-state index contributed by atoms with van der Waals surface area (Å²) in [7, 11) is 1.51. The predicted octanol–water partition coefficient (Wildman–Crippen LogP) is 4.02. The molecule has 2 rings (SSSR count). The van der Waals surface area contributed by atoms with Crippen LogP contribution >= 0.6 is 0 Å². The molecular weight excluding hydrogens is 316 g/mol. The summed E-state index contributed by atoms with van der Waals surface area (Å²) in [5, 5.41) is 2.18. The van der Waals surface area contributed by atoms with E-state index < -0.39 is 23.2 Å². The van der Waals surface area contributed by atoms with Crippen LogP contribution in [0.25, 0.3) is 6.08 Å². The first-order chi connectivity index (χ1) is 11.5. The number of para-hydroxylation sites is 1. The van der Waals surface area contributed by atoms with Gasteiger partial charge < -0.3 is 14.8 Å². The zero-order valence-electron chi connectivity index (χ0n) is 13.3. The van der Waals surface area contributed by atoms with E-state index in [1.165, 1.54) is 25.3 Å². The highest BCUT2D eigenvalue weighted by atomic mass is 19.1. The van der Waals surface area contributed by atoms with Crippen molar-refractivity contribution in [3.8, 4) is 11.5 Å². The van der Waals surface area contributed by atoms with E-state index in [1.807, 2.05) is 6.92 Å². The minimum absolute atomic E-state index is 0.476. The minimum atomic E-state index is -0.834. The van der Waals surface area contributed by atoms with Crippen molar-refractivity contribution in [2.45, 2.75) is 6.92 Å². The van der Waals surface area contributed by atoms with E-state index >= 15 is 0 Å². The van der Waals surface area contributed by atoms with Crippen molar-refractivity contribution in [2.75, 3.05) is 19.0 Å². The number of rotatable bonds is 6. The topological polar surface area (TPSA) is 47.6 Å². The van der Waals surface area contributed by atoms with Crippen LogP contribution in [0.2, 0.25) is 0 Å². The van der Waals surface area contributed by atoms with Crippen LogP contribution in [-0.4, -0.2) is 19.6 Å². The highest BCUT2D eigenvalue weighted by molar-refractivity contribution is 6.02. The lowest BCUT2D eigenvalue weighted by Crippen LogP contribution is -2.10. The largest absolute Gasteiger partial charge is 0.493 e. The van der Waals surface area contributed by atoms with Crippen molar-refractivity contribution in [2.24, 2.45) is 0 Å². The minimum Gasteiger partial charge on any atom is -0.493 e. The zero-order valence-corrected chi connectivity index (χ0v) is 13.3. The van der Waals surface area contributed by atoms with Crippen LogP contribution < -0.4 is 14.8 Å². The van der Waals surface area contributed by atoms with Gasteiger partial charge in [0.2, 0.25) is 5.91 Å². The van der Waals surface area contributed by atoms with Gasteiger partial charge in [-0.3, -0.25) is 4.79 Å². The fourth-order valence-electron chi connectivity index (χ4n) is 2.02. The first kappa shape index (κ1) is 17.5. The van der Waals surface area contributed by atoms with Crippen LogP contribution in [0.4, 0.5) is 14.5 Å². The van der Waals surface area contributed by atoms with E-state index in [0.717, 1.165) is 12.1 Å². The van der Waals surface area contributed by atoms with E-state index in [-0.39, 0.29) is 0 Å². The number of halogens is 2. The number of anilines is 1. The van der Waals surface area contributed by atoms with E-state index in [9.17, 15) is 13.6 Å². The van der Waals surface area contributed by atoms with Crippen LogP contribution in [0.1, 0.15) is 12.5 Å². The zero-order chi connectivity index (χ0) is 17.5. The second-order valence-electron chi connectivity index (χ2n) is 4.76. The highest BCUT2D eigenvalue weighted by Gasteiger charge is 2.10. The van der Waals surface area contributed by atoms with Crippen LogP contribution in [0.15, 0.2) is 42.5 Å². The summed E-state index contributed by atoms with van der Waals surface area (Å²) < 4.78 is 37.6. The second kappa shape index (κ2) is 8.10. The van der Waals surface area contributed by atoms with Crippen molar-refractivity contribution in [1.82, 2.24) is 0 Å². The fraction of sp³-hybridized carbons (Fsp3) is 0.167. The Kier molecular flexibility index (Phi) is 5.89. The Morgan fingerprint density at radius 1 is 1.17 bits per heavy atom. The molecule has 0 aliphatic carbocycles. The van der Waals surface area contributed by atoms with Crippen molar-refractivity contribution in [1.29, 1.82) is 0 Å². The Balaban J connectivity index is 2.11. The molecule has 24 heavy (non-hydrogen) atoms. The molecule has 0 heterocycles. The normalized spacial score (nSPS) is 10.7. The number of hydrogen-bond acceptors (Lipinski definition) is 3. The van der Waals surface area contributed by atoms with Gasteiger partial charge in [0.25, 0.3) is 0 Å². The SMILES string of the molecule is CCOc1ccc(/C=C/C(=O)Nc2c(F)cccc2F)cc1OC. The van der Waals surface area contributed by atoms with Crippen LogP contribution in [0, 0.1) is 11.6 Å². The maximum Gasteiger partial charge on any atom is 0.248 e. The van der Waals surface area contributed by atoms with Crippen molar-refractivity contribution in [3.05, 3.63) is 59.7 Å². The molecule has 0 radical (unpaired) electrons. The lowest BCUT2D eigenvalue weighted by atomic mass is 10.2. The van der Waals surface area contributed by atoms with E-state index in [1.54, 1.807) is 18.2 Å². The summed E-state index contributed by atoms with van der Waals surface area (Å²) in [6, 6.07) is 8.51. The summed E-state index contributed by atoms with van der Waals surface area (Å²) in [5.41, 5.74) is 0.205. The van der Waals surface area contributed by atoms with Gasteiger partial charge in [0, 0.05) is 6.08 Å². The number of ether oxygens (including phenoxy) is 2. The standard InChI is InChI=1S/C18H17F2NO3/c1-3-24-15-9-7-12(11-16(15)23-2)8-10-17(22)21-18-13(19)5-4-6-14(18)20/h4-11H,3H2,1-2H3,(H,21,22)/b10-8+. The molecule has 0 fully saturated rings. The first-order valence-corrected chi connectivity index (χ1v) is 7.29. The number of nitrogens with one attached hydrogen (secondary N) is 1. The summed E-state index contributed by atoms with van der Waals surface area (Å²) in [4.78, 5) is 11.8. The number of carbonyl (C=O) groups is 1. The molecule has 1 amide bonds. The molecule has 0 saturated heterocycles. The molecule has 0 atom stereocenters. The molecule has 0 unspecified atom stereocenters. The van der Waals surface area contributed by atoms with Crippen LogP contribution in [0.3, 0.4) is 0 Å². The molecule has 0 saturated carbocycles. The summed E-state index contributed by atoms with van der Waals surface area (Å²) in [6.07, 6.45) is 2.69. The molecule has 6 heteroatoms. The van der Waals surface area contributed by atoms with Crippen molar-refractivity contribution < 1.29 is 23.0 Å². The van der Waals surface area contributed by atoms with Gasteiger partial charge in [-0.15, -0.1) is 0 Å². The lowest BCUT2D eigenvalue weighted by molar-refractivity contribution is -0.111. The molecule has 2 aromatic carbocycles. The van der Waals surface area contributed by atoms with Gasteiger partial charge in [0.15, 0.2) is 11.5 Å². The fourth-order valence-corrected chi connectivity index (χ4v) is 2.02. The molecule has 2 aromatic rings. The Morgan fingerprint density at radius 2 is 1.88 bits per heavy atom. The molecule has 1 N–H and O–H groups in total. The number of hydrogen-bond donors (Lipinski definition) is 1. The molecule has 0 bridgehead atoms. The Bertz CT molecular complexity index is 740. The third kappa shape index (κ3) is 4.32. The van der Waals surface area contributed by atoms with Gasteiger partial charge in [-0.05, 0) is 42.8 Å². The molecule has 0 aromatic heterocycles. The number of methoxy groups -OCH3 is 1. The molecule has 0 aliphatic heterocycles. The van der Waals surface area contributed by atoms with E-state index in [4.69, 9.17) is 9.47 Å². The molecule has 0 aliphatic rings. The van der Waals surface area contributed by atoms with Gasteiger partial charge in [0.1, 0.15) is 17.3 Å². The Hall–Kier alpha value is -2.89. The average molecular weight is 333 g/mol. The average Bonchev–Trinajstić information content (AvgIpc) is 2.57. The van der Waals surface area contributed by atoms with E-state index in [0.29, 0.717) is 23.7 Å². The van der Waals surface area contributed by atoms with Crippen LogP contribution in [0.5, 0.6) is 11.5 Å². The summed E-state index contributed by atoms with van der Waals surface area (Å²) in [5.74, 6) is -1.19. The maximum absolute atomic E-state index is 13.5. The van der Waals surface area contributed by atoms with Gasteiger partial charge in [-0.1, -0.05) is 12.1 Å². The highest BCUT2D eigenvalue weighted by Crippen LogP contribution is 2.28. The van der Waals surface area contributed by atoms with Crippen molar-refractivity contribution in [3.63, 3.8) is 0 Å². The third-order valence-electron chi connectivity index (χ3n) is 3.13. The monoisotopic (exact) mass is 333 g/mol. The summed E-state index contributed by atoms with van der Waals surface area (Å²) in [6.45, 7) is 2.36. The van der Waals surface area contributed by atoms with Gasteiger partial charge in [-0.25, -0.2) is 8.78 Å². The molecule has 0 spiro atoms. The molecular formula is C18H17F2NO3. The van der Waals surface area contributed by atoms with E-state index in [2.05, 4.69) is 5.32 Å². The Labute approximate surface area is 138 Å². The van der Waals surface area contributed by atoms with Gasteiger partial charge in [-0.2, -0.15) is 0 Å². The molecule has 4 nitrogen and oxygen atoms in total. The van der Waals surface area contributed by atoms with Gasteiger partial charge >= 0.3 is 0 Å². The maximum atomic E-state index is 13.5. The Morgan fingerprint density at radius 3 is 2.50 bits per heavy atom. The summed E-state index contributed by atoms with van der Waals surface area (Å²) >= 11 is 0. The number of benzene rings is 2. The predicted molar refractivity (Wildman–Crippen MR) is 88.2 cm³/mol. The van der Waals surface area contributed by atoms with Gasteiger partial charge in [0.05, 0.1) is 13.7 Å². The third-order valence-corrected chi connectivity index (χ3v) is 3.13. The number of amides is 1. The quantitative estimate of drug-likeness (QED) is 0.812.